The second kappa shape index (κ2) is 14.5. The maximum Gasteiger partial charge on any atom is 0.410 e. The van der Waals surface area contributed by atoms with Crippen LogP contribution in [0.2, 0.25) is 0 Å². The largest absolute Gasteiger partial charge is 0.444 e. The fourth-order valence-corrected chi connectivity index (χ4v) is 2.11. The zero-order chi connectivity index (χ0) is 18.3. The highest BCUT2D eigenvalue weighted by Crippen LogP contribution is 2.10. The molecule has 0 saturated heterocycles. The van der Waals surface area contributed by atoms with Crippen molar-refractivity contribution in [3.63, 3.8) is 0 Å². The summed E-state index contributed by atoms with van der Waals surface area (Å²) >= 11 is 0. The summed E-state index contributed by atoms with van der Waals surface area (Å²) in [5.74, 6) is 0. The third-order valence-electron chi connectivity index (χ3n) is 3.33. The first-order chi connectivity index (χ1) is 11.4. The summed E-state index contributed by atoms with van der Waals surface area (Å²) in [6.45, 7) is 12.1. The van der Waals surface area contributed by atoms with Crippen molar-refractivity contribution in [3.8, 4) is 0 Å². The molecule has 0 rings (SSSR count). The first-order valence-electron chi connectivity index (χ1n) is 9.20. The Morgan fingerprint density at radius 1 is 0.875 bits per heavy atom. The molecule has 0 bridgehead atoms. The Labute approximate surface area is 147 Å². The van der Waals surface area contributed by atoms with Crippen molar-refractivity contribution in [2.24, 2.45) is 11.5 Å². The number of hydrogen-bond donors (Lipinski definition) is 4. The van der Waals surface area contributed by atoms with Gasteiger partial charge in [0.2, 0.25) is 0 Å². The molecule has 0 radical (unpaired) electrons. The van der Waals surface area contributed by atoms with Gasteiger partial charge in [0.25, 0.3) is 0 Å². The summed E-state index contributed by atoms with van der Waals surface area (Å²) < 4.78 is 5.50. The molecule has 144 valence electrons. The highest BCUT2D eigenvalue weighted by molar-refractivity contribution is 5.68. The van der Waals surface area contributed by atoms with Crippen molar-refractivity contribution in [3.05, 3.63) is 0 Å². The molecular formula is C17H39N5O2. The minimum Gasteiger partial charge on any atom is -0.444 e. The van der Waals surface area contributed by atoms with Crippen LogP contribution in [-0.2, 0) is 4.74 Å². The molecule has 0 aliphatic heterocycles. The third kappa shape index (κ3) is 14.7. The van der Waals surface area contributed by atoms with Crippen LogP contribution in [0, 0.1) is 0 Å². The van der Waals surface area contributed by atoms with Crippen LogP contribution in [0.25, 0.3) is 0 Å². The van der Waals surface area contributed by atoms with Crippen LogP contribution in [-0.4, -0.2) is 69.0 Å². The van der Waals surface area contributed by atoms with Gasteiger partial charge in [-0.05, 0) is 85.7 Å². The molecule has 0 saturated carbocycles. The number of carbonyl (C=O) groups excluding carboxylic acids is 1. The van der Waals surface area contributed by atoms with Crippen LogP contribution in [0.3, 0.4) is 0 Å². The molecule has 0 aromatic heterocycles. The van der Waals surface area contributed by atoms with Gasteiger partial charge in [0.1, 0.15) is 5.60 Å². The lowest BCUT2D eigenvalue weighted by Crippen LogP contribution is -2.39. The quantitative estimate of drug-likeness (QED) is 0.348. The van der Waals surface area contributed by atoms with Crippen molar-refractivity contribution in [1.29, 1.82) is 0 Å². The van der Waals surface area contributed by atoms with Crippen molar-refractivity contribution in [2.45, 2.75) is 52.1 Å². The molecule has 0 unspecified atom stereocenters. The van der Waals surface area contributed by atoms with E-state index in [1.54, 1.807) is 4.90 Å². The summed E-state index contributed by atoms with van der Waals surface area (Å²) in [5, 5.41) is 6.67. The molecule has 0 aromatic carbocycles. The van der Waals surface area contributed by atoms with Gasteiger partial charge in [-0.1, -0.05) is 0 Å². The van der Waals surface area contributed by atoms with E-state index in [1.165, 1.54) is 0 Å². The molecule has 0 aromatic rings. The van der Waals surface area contributed by atoms with Gasteiger partial charge in [0.05, 0.1) is 0 Å². The fraction of sp³-hybridized carbons (Fsp3) is 0.941. The van der Waals surface area contributed by atoms with Gasteiger partial charge < -0.3 is 31.7 Å². The maximum atomic E-state index is 12.3. The Bertz CT molecular complexity index is 292. The average molecular weight is 346 g/mol. The molecular weight excluding hydrogens is 306 g/mol. The lowest BCUT2D eigenvalue weighted by Gasteiger charge is -2.27. The molecule has 7 nitrogen and oxygen atoms in total. The molecule has 6 N–H and O–H groups in total. The number of nitrogens with one attached hydrogen (secondary N) is 2. The zero-order valence-electron chi connectivity index (χ0n) is 15.9. The van der Waals surface area contributed by atoms with Gasteiger partial charge in [-0.3, -0.25) is 0 Å². The van der Waals surface area contributed by atoms with Gasteiger partial charge in [-0.15, -0.1) is 0 Å². The fourth-order valence-electron chi connectivity index (χ4n) is 2.11. The molecule has 0 aliphatic rings. The number of nitrogens with zero attached hydrogens (tertiary/aromatic N) is 1. The maximum absolute atomic E-state index is 12.3. The SMILES string of the molecule is CC(C)(C)OC(=O)N(CCCNCCCN)CCCNCCCN. The van der Waals surface area contributed by atoms with Crippen LogP contribution >= 0.6 is 0 Å². The summed E-state index contributed by atoms with van der Waals surface area (Å²) in [6, 6.07) is 0. The lowest BCUT2D eigenvalue weighted by molar-refractivity contribution is 0.0246. The van der Waals surface area contributed by atoms with Crippen LogP contribution in [0.4, 0.5) is 4.79 Å². The molecule has 0 fully saturated rings. The molecule has 7 heteroatoms. The molecule has 0 aliphatic carbocycles. The summed E-state index contributed by atoms with van der Waals surface area (Å²) in [5.41, 5.74) is 10.5. The Morgan fingerprint density at radius 2 is 1.29 bits per heavy atom. The topological polar surface area (TPSA) is 106 Å². The van der Waals surface area contributed by atoms with E-state index >= 15 is 0 Å². The predicted octanol–water partition coefficient (Wildman–Crippen LogP) is 0.881. The third-order valence-corrected chi connectivity index (χ3v) is 3.33. The number of amides is 1. The van der Waals surface area contributed by atoms with E-state index < -0.39 is 5.60 Å². The zero-order valence-corrected chi connectivity index (χ0v) is 15.9. The number of hydrogen-bond acceptors (Lipinski definition) is 6. The molecule has 0 spiro atoms. The monoisotopic (exact) mass is 345 g/mol. The molecule has 0 atom stereocenters. The Morgan fingerprint density at radius 3 is 1.67 bits per heavy atom. The van der Waals surface area contributed by atoms with Crippen LogP contribution in [0.5, 0.6) is 0 Å². The number of ether oxygens (including phenoxy) is 1. The van der Waals surface area contributed by atoms with Crippen LogP contribution < -0.4 is 22.1 Å². The summed E-state index contributed by atoms with van der Waals surface area (Å²) in [7, 11) is 0. The van der Waals surface area contributed by atoms with Gasteiger partial charge in [-0.2, -0.15) is 0 Å². The van der Waals surface area contributed by atoms with E-state index in [-0.39, 0.29) is 6.09 Å². The van der Waals surface area contributed by atoms with Gasteiger partial charge in [0, 0.05) is 13.1 Å². The van der Waals surface area contributed by atoms with Gasteiger partial charge in [0.15, 0.2) is 0 Å². The van der Waals surface area contributed by atoms with Gasteiger partial charge in [-0.25, -0.2) is 4.79 Å². The van der Waals surface area contributed by atoms with E-state index in [9.17, 15) is 4.79 Å². The van der Waals surface area contributed by atoms with Crippen molar-refractivity contribution >= 4 is 6.09 Å². The van der Waals surface area contributed by atoms with E-state index in [0.717, 1.165) is 51.9 Å². The van der Waals surface area contributed by atoms with E-state index in [2.05, 4.69) is 10.6 Å². The number of rotatable bonds is 14. The molecule has 0 heterocycles. The van der Waals surface area contributed by atoms with Crippen molar-refractivity contribution in [2.75, 3.05) is 52.4 Å². The smallest absolute Gasteiger partial charge is 0.410 e. The van der Waals surface area contributed by atoms with E-state index in [1.807, 2.05) is 20.8 Å². The minimum atomic E-state index is -0.464. The number of carbonyl (C=O) groups is 1. The van der Waals surface area contributed by atoms with E-state index in [0.29, 0.717) is 26.2 Å². The Kier molecular flexibility index (Phi) is 13.9. The first-order valence-corrected chi connectivity index (χ1v) is 9.20. The standard InChI is InChI=1S/C17H39N5O2/c1-17(2,3)24-16(23)22(14-6-12-20-10-4-8-18)15-7-13-21-11-5-9-19/h20-21H,4-15,18-19H2,1-3H3. The molecule has 1 amide bonds. The summed E-state index contributed by atoms with van der Waals surface area (Å²) in [4.78, 5) is 14.1. The highest BCUT2D eigenvalue weighted by atomic mass is 16.6. The normalized spacial score (nSPS) is 11.5. The van der Waals surface area contributed by atoms with Crippen LogP contribution in [0.15, 0.2) is 0 Å². The van der Waals surface area contributed by atoms with E-state index in [4.69, 9.17) is 16.2 Å². The first kappa shape index (κ1) is 23.1. The molecule has 24 heavy (non-hydrogen) atoms. The Balaban J connectivity index is 4.11. The van der Waals surface area contributed by atoms with Gasteiger partial charge >= 0.3 is 6.09 Å². The number of nitrogens with two attached hydrogens (primary N) is 2. The van der Waals surface area contributed by atoms with Crippen molar-refractivity contribution < 1.29 is 9.53 Å². The minimum absolute atomic E-state index is 0.230. The second-order valence-corrected chi connectivity index (χ2v) is 6.96. The van der Waals surface area contributed by atoms with Crippen molar-refractivity contribution in [1.82, 2.24) is 15.5 Å². The highest BCUT2D eigenvalue weighted by Gasteiger charge is 2.21. The van der Waals surface area contributed by atoms with Crippen LogP contribution in [0.1, 0.15) is 46.5 Å². The summed E-state index contributed by atoms with van der Waals surface area (Å²) in [6.07, 6.45) is 3.54. The lowest BCUT2D eigenvalue weighted by atomic mass is 10.2. The Hall–Kier alpha value is -0.890. The predicted molar refractivity (Wildman–Crippen MR) is 100 cm³/mol. The average Bonchev–Trinajstić information content (AvgIpc) is 2.50. The second-order valence-electron chi connectivity index (χ2n) is 6.96.